The number of aromatic nitrogens is 3. The molecule has 0 bridgehead atoms. The fourth-order valence-corrected chi connectivity index (χ4v) is 5.19. The highest BCUT2D eigenvalue weighted by Gasteiger charge is 2.34. The van der Waals surface area contributed by atoms with Crippen LogP contribution in [-0.2, 0) is 9.47 Å². The smallest absolute Gasteiger partial charge is 0.232 e. The van der Waals surface area contributed by atoms with Crippen molar-refractivity contribution in [2.75, 3.05) is 38.9 Å². The second-order valence-electron chi connectivity index (χ2n) is 10.0. The van der Waals surface area contributed by atoms with Gasteiger partial charge in [-0.05, 0) is 38.7 Å². The molecule has 10 nitrogen and oxygen atoms in total. The van der Waals surface area contributed by atoms with Crippen LogP contribution in [0.25, 0.3) is 11.3 Å². The Morgan fingerprint density at radius 2 is 2.03 bits per heavy atom. The van der Waals surface area contributed by atoms with Crippen molar-refractivity contribution < 1.29 is 19.3 Å². The second-order valence-corrected chi connectivity index (χ2v) is 10.4. The van der Waals surface area contributed by atoms with Crippen molar-refractivity contribution in [3.05, 3.63) is 34.9 Å². The highest BCUT2D eigenvalue weighted by molar-refractivity contribution is 6.33. The number of hydroxylamine groups is 2. The minimum atomic E-state index is -0.577. The van der Waals surface area contributed by atoms with Crippen LogP contribution in [0.1, 0.15) is 45.4 Å². The number of anilines is 1. The molecule has 0 aromatic carbocycles. The third-order valence-corrected chi connectivity index (χ3v) is 7.61. The Kier molecular flexibility index (Phi) is 9.51. The fourth-order valence-electron chi connectivity index (χ4n) is 4.99. The Morgan fingerprint density at radius 3 is 2.73 bits per heavy atom. The van der Waals surface area contributed by atoms with Crippen LogP contribution in [-0.4, -0.2) is 66.6 Å². The van der Waals surface area contributed by atoms with Gasteiger partial charge in [0.1, 0.15) is 18.5 Å². The SMILES string of the molecule is COC[C@@H](C)[NH+]([O-])C1CCC(Nc2cc(-c3cncc(OCC4(C#N)CCOCC4)n3)c(Cl)cn2)CC1. The summed E-state index contributed by atoms with van der Waals surface area (Å²) >= 11 is 6.47. The largest absolute Gasteiger partial charge is 0.634 e. The lowest BCUT2D eigenvalue weighted by Crippen LogP contribution is -3.15. The molecule has 37 heavy (non-hydrogen) atoms. The molecule has 1 saturated carbocycles. The van der Waals surface area contributed by atoms with Crippen LogP contribution in [0.5, 0.6) is 5.88 Å². The zero-order valence-electron chi connectivity index (χ0n) is 21.4. The molecule has 1 unspecified atom stereocenters. The van der Waals surface area contributed by atoms with Crippen LogP contribution in [0, 0.1) is 22.0 Å². The van der Waals surface area contributed by atoms with E-state index in [1.54, 1.807) is 19.5 Å². The summed E-state index contributed by atoms with van der Waals surface area (Å²) in [7, 11) is 1.63. The molecule has 0 spiro atoms. The normalized spacial score (nSPS) is 23.0. The van der Waals surface area contributed by atoms with Crippen molar-refractivity contribution in [2.24, 2.45) is 5.41 Å². The van der Waals surface area contributed by atoms with Gasteiger partial charge in [-0.25, -0.2) is 9.97 Å². The summed E-state index contributed by atoms with van der Waals surface area (Å²) < 4.78 is 16.4. The van der Waals surface area contributed by atoms with Gasteiger partial charge in [0.15, 0.2) is 0 Å². The maximum atomic E-state index is 12.6. The molecule has 2 N–H and O–H groups in total. The van der Waals surface area contributed by atoms with Gasteiger partial charge in [0, 0.05) is 51.0 Å². The van der Waals surface area contributed by atoms with Crippen molar-refractivity contribution in [1.82, 2.24) is 15.0 Å². The molecular weight excluding hydrogens is 496 g/mol. The Balaban J connectivity index is 1.38. The van der Waals surface area contributed by atoms with E-state index < -0.39 is 5.41 Å². The van der Waals surface area contributed by atoms with E-state index in [2.05, 4.69) is 26.3 Å². The summed E-state index contributed by atoms with van der Waals surface area (Å²) in [6.45, 7) is 3.74. The first-order valence-corrected chi connectivity index (χ1v) is 13.2. The number of nitriles is 1. The molecule has 2 atom stereocenters. The molecule has 1 aliphatic heterocycles. The van der Waals surface area contributed by atoms with E-state index in [4.69, 9.17) is 25.8 Å². The molecule has 2 aromatic heterocycles. The second kappa shape index (κ2) is 12.8. The first-order valence-electron chi connectivity index (χ1n) is 12.8. The minimum absolute atomic E-state index is 0.0667. The van der Waals surface area contributed by atoms with Crippen molar-refractivity contribution in [3.8, 4) is 23.2 Å². The number of halogens is 1. The molecule has 2 fully saturated rings. The van der Waals surface area contributed by atoms with E-state index in [1.807, 2.05) is 13.0 Å². The van der Waals surface area contributed by atoms with Crippen LogP contribution in [0.15, 0.2) is 24.7 Å². The third-order valence-electron chi connectivity index (χ3n) is 7.31. The summed E-state index contributed by atoms with van der Waals surface area (Å²) in [5.41, 5.74) is 0.676. The van der Waals surface area contributed by atoms with E-state index in [1.165, 1.54) is 6.20 Å². The first-order chi connectivity index (χ1) is 17.9. The van der Waals surface area contributed by atoms with Crippen LogP contribution >= 0.6 is 11.6 Å². The van der Waals surface area contributed by atoms with Gasteiger partial charge in [0.25, 0.3) is 0 Å². The van der Waals surface area contributed by atoms with Crippen molar-refractivity contribution in [1.29, 1.82) is 5.26 Å². The van der Waals surface area contributed by atoms with Crippen molar-refractivity contribution in [2.45, 2.75) is 63.6 Å². The Labute approximate surface area is 222 Å². The number of nitrogens with zero attached hydrogens (tertiary/aromatic N) is 4. The van der Waals surface area contributed by atoms with Gasteiger partial charge in [-0.3, -0.25) is 4.98 Å². The van der Waals surface area contributed by atoms with Gasteiger partial charge in [-0.15, -0.1) is 0 Å². The lowest BCUT2D eigenvalue weighted by Gasteiger charge is -2.40. The lowest BCUT2D eigenvalue weighted by molar-refractivity contribution is -0.901. The van der Waals surface area contributed by atoms with Gasteiger partial charge in [0.2, 0.25) is 5.88 Å². The average Bonchev–Trinajstić information content (AvgIpc) is 2.94. The quantitative estimate of drug-likeness (QED) is 0.445. The molecule has 0 radical (unpaired) electrons. The van der Waals surface area contributed by atoms with Crippen LogP contribution in [0.2, 0.25) is 5.02 Å². The maximum absolute atomic E-state index is 12.6. The molecule has 0 amide bonds. The topological polar surface area (TPSA) is 130 Å². The summed E-state index contributed by atoms with van der Waals surface area (Å²) in [5, 5.41) is 26.5. The number of pyridine rings is 1. The van der Waals surface area contributed by atoms with Crippen LogP contribution in [0.3, 0.4) is 0 Å². The highest BCUT2D eigenvalue weighted by atomic mass is 35.5. The van der Waals surface area contributed by atoms with Gasteiger partial charge in [-0.2, -0.15) is 5.26 Å². The number of quaternary nitrogens is 1. The predicted octanol–water partition coefficient (Wildman–Crippen LogP) is 3.03. The Bertz CT molecular complexity index is 1070. The van der Waals surface area contributed by atoms with Gasteiger partial charge in [-0.1, -0.05) is 11.6 Å². The minimum Gasteiger partial charge on any atom is -0.634 e. The van der Waals surface area contributed by atoms with Gasteiger partial charge < -0.3 is 29.8 Å². The molecular formula is C26H35ClN6O4. The highest BCUT2D eigenvalue weighted by Crippen LogP contribution is 2.32. The molecule has 3 heterocycles. The van der Waals surface area contributed by atoms with E-state index in [0.717, 1.165) is 25.7 Å². The summed E-state index contributed by atoms with van der Waals surface area (Å²) in [6, 6.07) is 4.51. The van der Waals surface area contributed by atoms with E-state index in [9.17, 15) is 10.5 Å². The molecule has 1 saturated heterocycles. The zero-order chi connectivity index (χ0) is 26.3. The summed E-state index contributed by atoms with van der Waals surface area (Å²) in [6.07, 6.45) is 9.52. The Morgan fingerprint density at radius 1 is 1.27 bits per heavy atom. The molecule has 2 aliphatic rings. The number of nitrogens with one attached hydrogen (secondary N) is 2. The predicted molar refractivity (Wildman–Crippen MR) is 139 cm³/mol. The standard InChI is InChI=1S/C26H35ClN6O4/c1-18(15-35-2)33(34)20-5-3-19(4-6-20)31-24-11-21(22(27)12-30-24)23-13-29-14-25(32-23)37-17-26(16-28)7-9-36-10-8-26/h11-14,18-20,33H,3-10,15,17H2,1-2H3,(H,30,31)/t18-,19?,20?/m1/s1. The zero-order valence-corrected chi connectivity index (χ0v) is 22.2. The number of methoxy groups -OCH3 is 1. The number of hydrogen-bond acceptors (Lipinski definition) is 9. The number of rotatable bonds is 10. The summed E-state index contributed by atoms with van der Waals surface area (Å²) in [4.78, 5) is 13.3. The number of hydrogen-bond donors (Lipinski definition) is 2. The molecule has 2 aromatic rings. The molecule has 1 aliphatic carbocycles. The third kappa shape index (κ3) is 7.06. The van der Waals surface area contributed by atoms with Gasteiger partial charge >= 0.3 is 0 Å². The summed E-state index contributed by atoms with van der Waals surface area (Å²) in [5.74, 6) is 1.03. The fraction of sp³-hybridized carbons (Fsp3) is 0.615. The van der Waals surface area contributed by atoms with Crippen molar-refractivity contribution in [3.63, 3.8) is 0 Å². The van der Waals surface area contributed by atoms with Crippen LogP contribution < -0.4 is 15.1 Å². The molecule has 4 rings (SSSR count). The lowest BCUT2D eigenvalue weighted by atomic mass is 9.83. The van der Waals surface area contributed by atoms with E-state index in [-0.39, 0.29) is 24.7 Å². The first kappa shape index (κ1) is 27.5. The van der Waals surface area contributed by atoms with Crippen molar-refractivity contribution >= 4 is 17.4 Å². The van der Waals surface area contributed by atoms with Crippen LogP contribution in [0.4, 0.5) is 5.82 Å². The van der Waals surface area contributed by atoms with Gasteiger partial charge in [0.05, 0.1) is 47.2 Å². The van der Waals surface area contributed by atoms with E-state index >= 15 is 0 Å². The van der Waals surface area contributed by atoms with E-state index in [0.29, 0.717) is 65.7 Å². The Hall–Kier alpha value is -2.55. The molecule has 11 heteroatoms. The maximum Gasteiger partial charge on any atom is 0.232 e. The monoisotopic (exact) mass is 530 g/mol. The average molecular weight is 531 g/mol. The number of ether oxygens (including phenoxy) is 3. The molecule has 200 valence electrons.